The number of aliphatic hydroxyl groups is 1. The summed E-state index contributed by atoms with van der Waals surface area (Å²) in [4.78, 5) is 2.15. The lowest BCUT2D eigenvalue weighted by Gasteiger charge is -2.27. The van der Waals surface area contributed by atoms with Gasteiger partial charge in [0.05, 0.1) is 13.2 Å². The molecule has 0 radical (unpaired) electrons. The van der Waals surface area contributed by atoms with E-state index in [1.54, 1.807) is 7.11 Å². The van der Waals surface area contributed by atoms with Gasteiger partial charge in [0.2, 0.25) is 0 Å². The minimum Gasteiger partial charge on any atom is -0.497 e. The lowest BCUT2D eigenvalue weighted by Crippen LogP contribution is -2.27. The van der Waals surface area contributed by atoms with Gasteiger partial charge in [-0.05, 0) is 37.2 Å². The summed E-state index contributed by atoms with van der Waals surface area (Å²) < 4.78 is 5.18. The van der Waals surface area contributed by atoms with Crippen LogP contribution in [0, 0.1) is 0 Å². The molecule has 3 nitrogen and oxygen atoms in total. The first-order valence-electron chi connectivity index (χ1n) is 7.19. The zero-order valence-corrected chi connectivity index (χ0v) is 12.9. The molecule has 2 aromatic carbocycles. The standard InChI is InChI=1S/C18H23NO2/c1-14(15-9-11-17(21-3)12-10-15)19(2)13-18(20)16-7-5-4-6-8-16/h4-12,14,18,20H,13H2,1-3H3. The van der Waals surface area contributed by atoms with Crippen LogP contribution in [0.15, 0.2) is 54.6 Å². The molecule has 21 heavy (non-hydrogen) atoms. The Bertz CT molecular complexity index is 539. The summed E-state index contributed by atoms with van der Waals surface area (Å²) in [5.74, 6) is 0.859. The average molecular weight is 285 g/mol. The van der Waals surface area contributed by atoms with Crippen molar-refractivity contribution in [1.29, 1.82) is 0 Å². The van der Waals surface area contributed by atoms with E-state index in [4.69, 9.17) is 4.74 Å². The molecule has 0 amide bonds. The molecule has 1 N–H and O–H groups in total. The summed E-state index contributed by atoms with van der Waals surface area (Å²) in [5.41, 5.74) is 2.16. The van der Waals surface area contributed by atoms with Gasteiger partial charge in [-0.3, -0.25) is 4.90 Å². The zero-order chi connectivity index (χ0) is 15.2. The molecule has 0 saturated heterocycles. The normalized spacial score (nSPS) is 14.0. The minimum absolute atomic E-state index is 0.231. The van der Waals surface area contributed by atoms with Crippen LogP contribution in [0.5, 0.6) is 5.75 Å². The fraction of sp³-hybridized carbons (Fsp3) is 0.333. The van der Waals surface area contributed by atoms with Gasteiger partial charge in [-0.2, -0.15) is 0 Å². The van der Waals surface area contributed by atoms with Crippen LogP contribution < -0.4 is 4.74 Å². The number of hydrogen-bond donors (Lipinski definition) is 1. The van der Waals surface area contributed by atoms with Gasteiger partial charge in [0.15, 0.2) is 0 Å². The molecule has 0 bridgehead atoms. The molecule has 0 aliphatic heterocycles. The van der Waals surface area contributed by atoms with Crippen LogP contribution in [0.3, 0.4) is 0 Å². The molecule has 0 heterocycles. The van der Waals surface area contributed by atoms with Crippen LogP contribution in [0.25, 0.3) is 0 Å². The van der Waals surface area contributed by atoms with Gasteiger partial charge in [-0.15, -0.1) is 0 Å². The molecule has 2 atom stereocenters. The third-order valence-electron chi connectivity index (χ3n) is 3.90. The Balaban J connectivity index is 2.00. The van der Waals surface area contributed by atoms with E-state index >= 15 is 0 Å². The summed E-state index contributed by atoms with van der Waals surface area (Å²) >= 11 is 0. The van der Waals surface area contributed by atoms with E-state index in [9.17, 15) is 5.11 Å². The quantitative estimate of drug-likeness (QED) is 0.882. The van der Waals surface area contributed by atoms with Crippen molar-refractivity contribution in [3.63, 3.8) is 0 Å². The molecule has 2 aromatic rings. The maximum absolute atomic E-state index is 10.3. The predicted octanol–water partition coefficient (Wildman–Crippen LogP) is 3.42. The SMILES string of the molecule is COc1ccc(C(C)N(C)CC(O)c2ccccc2)cc1. The maximum Gasteiger partial charge on any atom is 0.118 e. The van der Waals surface area contributed by atoms with Crippen molar-refractivity contribution in [3.05, 3.63) is 65.7 Å². The number of ether oxygens (including phenoxy) is 1. The second-order valence-electron chi connectivity index (χ2n) is 5.32. The van der Waals surface area contributed by atoms with Gasteiger partial charge in [0, 0.05) is 12.6 Å². The Morgan fingerprint density at radius 2 is 1.62 bits per heavy atom. The van der Waals surface area contributed by atoms with E-state index in [1.807, 2.05) is 49.5 Å². The molecular weight excluding hydrogens is 262 g/mol. The van der Waals surface area contributed by atoms with Gasteiger partial charge in [-0.25, -0.2) is 0 Å². The van der Waals surface area contributed by atoms with E-state index in [2.05, 4.69) is 24.0 Å². The van der Waals surface area contributed by atoms with Crippen LogP contribution in [0.4, 0.5) is 0 Å². The molecule has 0 aliphatic carbocycles. The van der Waals surface area contributed by atoms with Crippen molar-refractivity contribution in [2.45, 2.75) is 19.1 Å². The molecule has 112 valence electrons. The number of rotatable bonds is 6. The molecule has 0 fully saturated rings. The van der Waals surface area contributed by atoms with E-state index < -0.39 is 6.10 Å². The molecule has 0 saturated carbocycles. The van der Waals surface area contributed by atoms with E-state index in [0.717, 1.165) is 11.3 Å². The second-order valence-corrected chi connectivity index (χ2v) is 5.32. The van der Waals surface area contributed by atoms with Crippen LogP contribution in [-0.2, 0) is 0 Å². The van der Waals surface area contributed by atoms with Crippen molar-refractivity contribution in [1.82, 2.24) is 4.90 Å². The van der Waals surface area contributed by atoms with E-state index in [-0.39, 0.29) is 6.04 Å². The van der Waals surface area contributed by atoms with Crippen molar-refractivity contribution < 1.29 is 9.84 Å². The minimum atomic E-state index is -0.475. The third kappa shape index (κ3) is 4.06. The lowest BCUT2D eigenvalue weighted by atomic mass is 10.1. The number of benzene rings is 2. The fourth-order valence-electron chi connectivity index (χ4n) is 2.35. The highest BCUT2D eigenvalue weighted by Gasteiger charge is 2.16. The van der Waals surface area contributed by atoms with E-state index in [1.165, 1.54) is 5.56 Å². The Labute approximate surface area is 126 Å². The molecular formula is C18H23NO2. The van der Waals surface area contributed by atoms with Gasteiger partial charge in [0.1, 0.15) is 5.75 Å². The fourth-order valence-corrected chi connectivity index (χ4v) is 2.35. The van der Waals surface area contributed by atoms with Crippen LogP contribution in [0.1, 0.15) is 30.2 Å². The average Bonchev–Trinajstić information content (AvgIpc) is 2.55. The summed E-state index contributed by atoms with van der Waals surface area (Å²) in [6, 6.07) is 18.1. The largest absolute Gasteiger partial charge is 0.497 e. The Morgan fingerprint density at radius 1 is 1.00 bits per heavy atom. The first-order valence-corrected chi connectivity index (χ1v) is 7.19. The number of nitrogens with zero attached hydrogens (tertiary/aromatic N) is 1. The maximum atomic E-state index is 10.3. The monoisotopic (exact) mass is 285 g/mol. The van der Waals surface area contributed by atoms with Gasteiger partial charge in [0.25, 0.3) is 0 Å². The first-order chi connectivity index (χ1) is 10.1. The Hall–Kier alpha value is -1.84. The van der Waals surface area contributed by atoms with Crippen LogP contribution >= 0.6 is 0 Å². The smallest absolute Gasteiger partial charge is 0.118 e. The molecule has 2 rings (SSSR count). The first kappa shape index (κ1) is 15.5. The number of aliphatic hydroxyl groups excluding tert-OH is 1. The summed E-state index contributed by atoms with van der Waals surface area (Å²) in [5, 5.41) is 10.3. The topological polar surface area (TPSA) is 32.7 Å². The third-order valence-corrected chi connectivity index (χ3v) is 3.90. The second kappa shape index (κ2) is 7.25. The zero-order valence-electron chi connectivity index (χ0n) is 12.9. The lowest BCUT2D eigenvalue weighted by molar-refractivity contribution is 0.108. The number of hydrogen-bond acceptors (Lipinski definition) is 3. The molecule has 0 aromatic heterocycles. The Kier molecular flexibility index (Phi) is 5.37. The molecule has 3 heteroatoms. The highest BCUT2D eigenvalue weighted by Crippen LogP contribution is 2.23. The van der Waals surface area contributed by atoms with Crippen LogP contribution in [-0.4, -0.2) is 30.7 Å². The predicted molar refractivity (Wildman–Crippen MR) is 85.4 cm³/mol. The van der Waals surface area contributed by atoms with Gasteiger partial charge in [-0.1, -0.05) is 42.5 Å². The van der Waals surface area contributed by atoms with Crippen molar-refractivity contribution >= 4 is 0 Å². The molecule has 0 spiro atoms. The summed E-state index contributed by atoms with van der Waals surface area (Å²) in [7, 11) is 3.70. The summed E-state index contributed by atoms with van der Waals surface area (Å²) in [6.45, 7) is 2.73. The van der Waals surface area contributed by atoms with Crippen molar-refractivity contribution in [2.75, 3.05) is 20.7 Å². The molecule has 0 aliphatic rings. The van der Waals surface area contributed by atoms with Gasteiger partial charge < -0.3 is 9.84 Å². The van der Waals surface area contributed by atoms with Crippen LogP contribution in [0.2, 0.25) is 0 Å². The highest BCUT2D eigenvalue weighted by atomic mass is 16.5. The molecule has 2 unspecified atom stereocenters. The van der Waals surface area contributed by atoms with Gasteiger partial charge >= 0.3 is 0 Å². The number of methoxy groups -OCH3 is 1. The highest BCUT2D eigenvalue weighted by molar-refractivity contribution is 5.29. The summed E-state index contributed by atoms with van der Waals surface area (Å²) in [6.07, 6.45) is -0.475. The Morgan fingerprint density at radius 3 is 2.19 bits per heavy atom. The number of likely N-dealkylation sites (N-methyl/N-ethyl adjacent to an activating group) is 1. The van der Waals surface area contributed by atoms with Crippen molar-refractivity contribution in [2.24, 2.45) is 0 Å². The van der Waals surface area contributed by atoms with E-state index in [0.29, 0.717) is 6.54 Å². The van der Waals surface area contributed by atoms with Crippen molar-refractivity contribution in [3.8, 4) is 5.75 Å².